The smallest absolute Gasteiger partial charge is 0.258 e. The molecule has 1 aliphatic carbocycles. The monoisotopic (exact) mass is 229 g/mol. The lowest BCUT2D eigenvalue weighted by Crippen LogP contribution is -2.06. The van der Waals surface area contributed by atoms with E-state index in [-0.39, 0.29) is 11.1 Å². The molecule has 0 saturated heterocycles. The Kier molecular flexibility index (Phi) is 5.29. The second-order valence-corrected chi connectivity index (χ2v) is 3.95. The highest BCUT2D eigenvalue weighted by atomic mass is 35.5. The lowest BCUT2D eigenvalue weighted by atomic mass is 9.92. The maximum Gasteiger partial charge on any atom is 0.266 e. The molecule has 0 amide bonds. The molecule has 0 aliphatic heterocycles. The molecule has 0 bridgehead atoms. The van der Waals surface area contributed by atoms with E-state index in [1.54, 1.807) is 12.2 Å². The Balaban J connectivity index is 0.000000921. The third-order valence-corrected chi connectivity index (χ3v) is 1.89. The predicted molar refractivity (Wildman–Crippen MR) is 63.3 cm³/mol. The van der Waals surface area contributed by atoms with E-state index in [9.17, 15) is 10.1 Å². The van der Waals surface area contributed by atoms with Crippen molar-refractivity contribution in [3.8, 4) is 0 Å². The number of nitro groups is 1. The van der Waals surface area contributed by atoms with E-state index in [2.05, 4.69) is 0 Å². The van der Waals surface area contributed by atoms with Crippen molar-refractivity contribution >= 4 is 11.6 Å². The van der Waals surface area contributed by atoms with Crippen LogP contribution >= 0.6 is 11.6 Å². The molecule has 0 unspecified atom stereocenters. The maximum atomic E-state index is 10.5. The Morgan fingerprint density at radius 1 is 1.27 bits per heavy atom. The topological polar surface area (TPSA) is 43.1 Å². The van der Waals surface area contributed by atoms with Crippen LogP contribution in [0.1, 0.15) is 27.7 Å². The van der Waals surface area contributed by atoms with E-state index in [1.807, 2.05) is 27.7 Å². The first-order chi connectivity index (χ1) is 6.91. The Morgan fingerprint density at radius 3 is 2.27 bits per heavy atom. The molecule has 0 aromatic rings. The zero-order valence-electron chi connectivity index (χ0n) is 9.45. The van der Waals surface area contributed by atoms with Gasteiger partial charge in [-0.25, -0.2) is 0 Å². The summed E-state index contributed by atoms with van der Waals surface area (Å²) in [6.07, 6.45) is 6.30. The SMILES string of the molecule is CC.CC1(C)C=C(Cl)C=CC([N+](=O)[O-])=C1. The molecule has 3 nitrogen and oxygen atoms in total. The van der Waals surface area contributed by atoms with Gasteiger partial charge in [-0.15, -0.1) is 0 Å². The summed E-state index contributed by atoms with van der Waals surface area (Å²) in [5.74, 6) is 0. The summed E-state index contributed by atoms with van der Waals surface area (Å²) >= 11 is 5.79. The summed E-state index contributed by atoms with van der Waals surface area (Å²) in [6.45, 7) is 7.73. The van der Waals surface area contributed by atoms with Gasteiger partial charge in [0.15, 0.2) is 0 Å². The van der Waals surface area contributed by atoms with Gasteiger partial charge in [0.2, 0.25) is 0 Å². The first-order valence-electron chi connectivity index (χ1n) is 4.84. The molecule has 4 heteroatoms. The highest BCUT2D eigenvalue weighted by Gasteiger charge is 2.20. The van der Waals surface area contributed by atoms with E-state index >= 15 is 0 Å². The number of hydrogen-bond acceptors (Lipinski definition) is 2. The van der Waals surface area contributed by atoms with Gasteiger partial charge in [0.1, 0.15) is 0 Å². The molecule has 84 valence electrons. The zero-order valence-corrected chi connectivity index (χ0v) is 10.2. The van der Waals surface area contributed by atoms with Crippen LogP contribution in [0.4, 0.5) is 0 Å². The van der Waals surface area contributed by atoms with Crippen molar-refractivity contribution in [3.05, 3.63) is 45.1 Å². The highest BCUT2D eigenvalue weighted by molar-refractivity contribution is 6.31. The van der Waals surface area contributed by atoms with Crippen molar-refractivity contribution in [2.24, 2.45) is 5.41 Å². The Bertz CT molecular complexity index is 327. The van der Waals surface area contributed by atoms with Gasteiger partial charge in [-0.3, -0.25) is 10.1 Å². The number of rotatable bonds is 1. The lowest BCUT2D eigenvalue weighted by Gasteiger charge is -2.12. The fourth-order valence-electron chi connectivity index (χ4n) is 1.15. The Hall–Kier alpha value is -1.09. The summed E-state index contributed by atoms with van der Waals surface area (Å²) in [6, 6.07) is 0. The molecular weight excluding hydrogens is 214 g/mol. The first-order valence-corrected chi connectivity index (χ1v) is 5.22. The summed E-state index contributed by atoms with van der Waals surface area (Å²) in [5, 5.41) is 11.0. The predicted octanol–water partition coefficient (Wildman–Crippen LogP) is 3.89. The second kappa shape index (κ2) is 5.71. The van der Waals surface area contributed by atoms with Crippen molar-refractivity contribution in [3.63, 3.8) is 0 Å². The van der Waals surface area contributed by atoms with Crippen molar-refractivity contribution in [1.82, 2.24) is 0 Å². The van der Waals surface area contributed by atoms with Gasteiger partial charge in [-0.1, -0.05) is 45.4 Å². The Morgan fingerprint density at radius 2 is 1.80 bits per heavy atom. The second-order valence-electron chi connectivity index (χ2n) is 3.51. The molecule has 1 aliphatic rings. The van der Waals surface area contributed by atoms with Crippen LogP contribution in [0, 0.1) is 15.5 Å². The van der Waals surface area contributed by atoms with Crippen LogP contribution in [0.2, 0.25) is 0 Å². The van der Waals surface area contributed by atoms with Crippen LogP contribution in [-0.2, 0) is 0 Å². The van der Waals surface area contributed by atoms with Gasteiger partial charge < -0.3 is 0 Å². The van der Waals surface area contributed by atoms with Crippen LogP contribution < -0.4 is 0 Å². The molecule has 0 radical (unpaired) electrons. The zero-order chi connectivity index (χ0) is 12.1. The molecule has 0 spiro atoms. The summed E-state index contributed by atoms with van der Waals surface area (Å²) < 4.78 is 0. The van der Waals surface area contributed by atoms with Crippen LogP contribution in [0.25, 0.3) is 0 Å². The fourth-order valence-corrected chi connectivity index (χ4v) is 1.50. The van der Waals surface area contributed by atoms with Crippen LogP contribution in [0.15, 0.2) is 35.0 Å². The minimum atomic E-state index is -0.415. The minimum Gasteiger partial charge on any atom is -0.258 e. The van der Waals surface area contributed by atoms with Gasteiger partial charge in [0.05, 0.1) is 4.92 Å². The van der Waals surface area contributed by atoms with Gasteiger partial charge >= 0.3 is 0 Å². The molecule has 0 N–H and O–H groups in total. The van der Waals surface area contributed by atoms with Gasteiger partial charge in [-0.05, 0) is 6.08 Å². The lowest BCUT2D eigenvalue weighted by molar-refractivity contribution is -0.419. The van der Waals surface area contributed by atoms with E-state index in [1.165, 1.54) is 12.2 Å². The third-order valence-electron chi connectivity index (χ3n) is 1.65. The van der Waals surface area contributed by atoms with E-state index < -0.39 is 4.92 Å². The molecule has 0 aromatic carbocycles. The van der Waals surface area contributed by atoms with E-state index in [0.29, 0.717) is 5.03 Å². The van der Waals surface area contributed by atoms with E-state index in [4.69, 9.17) is 11.6 Å². The van der Waals surface area contributed by atoms with Crippen LogP contribution in [0.3, 0.4) is 0 Å². The molecule has 1 rings (SSSR count). The number of allylic oxidation sites excluding steroid dienone is 5. The van der Waals surface area contributed by atoms with Gasteiger partial charge in [-0.2, -0.15) is 0 Å². The van der Waals surface area contributed by atoms with Crippen molar-refractivity contribution in [2.75, 3.05) is 0 Å². The first kappa shape index (κ1) is 13.9. The molecule has 0 saturated carbocycles. The third kappa shape index (κ3) is 4.79. The Labute approximate surface area is 95.3 Å². The average Bonchev–Trinajstić information content (AvgIpc) is 2.26. The van der Waals surface area contributed by atoms with Crippen LogP contribution in [-0.4, -0.2) is 4.92 Å². The summed E-state index contributed by atoms with van der Waals surface area (Å²) in [4.78, 5) is 10.1. The molecule has 0 fully saturated rings. The minimum absolute atomic E-state index is 0.0805. The largest absolute Gasteiger partial charge is 0.266 e. The number of hydrogen-bond donors (Lipinski definition) is 0. The normalized spacial score (nSPS) is 17.9. The average molecular weight is 230 g/mol. The molecule has 15 heavy (non-hydrogen) atoms. The van der Waals surface area contributed by atoms with Crippen molar-refractivity contribution < 1.29 is 4.92 Å². The summed E-state index contributed by atoms with van der Waals surface area (Å²) in [7, 11) is 0. The summed E-state index contributed by atoms with van der Waals surface area (Å²) in [5.41, 5.74) is -0.292. The van der Waals surface area contributed by atoms with Gasteiger partial charge in [0, 0.05) is 22.6 Å². The standard InChI is InChI=1S/C9H10ClNO2.C2H6/c1-9(2)5-7(10)3-4-8(6-9)11(12)13;1-2/h3-6H,1-2H3;1-2H3. The highest BCUT2D eigenvalue weighted by Crippen LogP contribution is 2.28. The maximum absolute atomic E-state index is 10.5. The molecule has 0 atom stereocenters. The number of nitrogens with zero attached hydrogens (tertiary/aromatic N) is 1. The number of halogens is 1. The molecular formula is C11H16ClNO2. The van der Waals surface area contributed by atoms with Crippen LogP contribution in [0.5, 0.6) is 0 Å². The van der Waals surface area contributed by atoms with Crippen molar-refractivity contribution in [1.29, 1.82) is 0 Å². The quantitative estimate of drug-likeness (QED) is 0.506. The molecule has 0 aromatic heterocycles. The fraction of sp³-hybridized carbons (Fsp3) is 0.455. The van der Waals surface area contributed by atoms with E-state index in [0.717, 1.165) is 0 Å². The molecule has 0 heterocycles. The van der Waals surface area contributed by atoms with Gasteiger partial charge in [0.25, 0.3) is 5.70 Å². The van der Waals surface area contributed by atoms with Crippen molar-refractivity contribution in [2.45, 2.75) is 27.7 Å².